The van der Waals surface area contributed by atoms with Crippen LogP contribution in [0.5, 0.6) is 0 Å². The summed E-state index contributed by atoms with van der Waals surface area (Å²) in [5.74, 6) is 0. The van der Waals surface area contributed by atoms with Gasteiger partial charge >= 0.3 is 159 Å². The van der Waals surface area contributed by atoms with Crippen LogP contribution in [0, 0.1) is 0 Å². The summed E-state index contributed by atoms with van der Waals surface area (Å²) < 4.78 is 6.52. The van der Waals surface area contributed by atoms with Crippen molar-refractivity contribution in [2.45, 2.75) is 129 Å². The average Bonchev–Trinajstić information content (AvgIpc) is 2.61. The van der Waals surface area contributed by atoms with E-state index < -0.39 is 18.4 Å². The number of hydrogen-bond acceptors (Lipinski definition) is 0. The van der Waals surface area contributed by atoms with Crippen LogP contribution < -0.4 is 0 Å². The van der Waals surface area contributed by atoms with Crippen LogP contribution in [0.15, 0.2) is 12.2 Å². The Hall–Kier alpha value is 0.539. The van der Waals surface area contributed by atoms with E-state index in [1.165, 1.54) is 83.5 Å². The Morgan fingerprint density at radius 3 is 1.46 bits per heavy atom. The molecular weight excluding hydrogens is 395 g/mol. The molecule has 0 radical (unpaired) electrons. The van der Waals surface area contributed by atoms with Crippen molar-refractivity contribution in [3.63, 3.8) is 0 Å². The van der Waals surface area contributed by atoms with Gasteiger partial charge in [-0.1, -0.05) is 0 Å². The first kappa shape index (κ1) is 24.5. The molecule has 0 fully saturated rings. The van der Waals surface area contributed by atoms with Crippen LogP contribution in [-0.4, -0.2) is 18.4 Å². The van der Waals surface area contributed by atoms with E-state index in [4.69, 9.17) is 0 Å². The van der Waals surface area contributed by atoms with E-state index in [9.17, 15) is 0 Å². The van der Waals surface area contributed by atoms with Crippen molar-refractivity contribution in [2.75, 3.05) is 0 Å². The summed E-state index contributed by atoms with van der Waals surface area (Å²) in [6.45, 7) is 9.44. The predicted molar refractivity (Wildman–Crippen MR) is 117 cm³/mol. The van der Waals surface area contributed by atoms with E-state index in [0.717, 1.165) is 0 Å². The topological polar surface area (TPSA) is 0 Å². The zero-order valence-electron chi connectivity index (χ0n) is 17.7. The van der Waals surface area contributed by atoms with Gasteiger partial charge in [-0.05, 0) is 0 Å². The molecular formula is C23H48Sn. The minimum absolute atomic E-state index is 1.34. The van der Waals surface area contributed by atoms with Gasteiger partial charge in [-0.3, -0.25) is 0 Å². The van der Waals surface area contributed by atoms with Gasteiger partial charge in [-0.25, -0.2) is 0 Å². The number of unbranched alkanes of at least 4 members (excludes halogenated alkanes) is 9. The molecule has 144 valence electrons. The van der Waals surface area contributed by atoms with Crippen LogP contribution in [0.3, 0.4) is 0 Å². The van der Waals surface area contributed by atoms with Gasteiger partial charge in [0, 0.05) is 0 Å². The van der Waals surface area contributed by atoms with Crippen molar-refractivity contribution < 1.29 is 0 Å². The van der Waals surface area contributed by atoms with E-state index in [1.54, 1.807) is 17.7 Å². The fourth-order valence-electron chi connectivity index (χ4n) is 3.83. The van der Waals surface area contributed by atoms with Gasteiger partial charge in [-0.2, -0.15) is 0 Å². The molecule has 0 aliphatic heterocycles. The second kappa shape index (κ2) is 18.3. The fourth-order valence-corrected chi connectivity index (χ4v) is 19.1. The van der Waals surface area contributed by atoms with Gasteiger partial charge in [0.1, 0.15) is 0 Å². The van der Waals surface area contributed by atoms with Gasteiger partial charge in [0.15, 0.2) is 0 Å². The van der Waals surface area contributed by atoms with Crippen LogP contribution in [0.25, 0.3) is 0 Å². The Bertz CT molecular complexity index is 247. The summed E-state index contributed by atoms with van der Waals surface area (Å²) >= 11 is -1.87. The molecule has 0 N–H and O–H groups in total. The van der Waals surface area contributed by atoms with Crippen molar-refractivity contribution in [1.29, 1.82) is 0 Å². The third-order valence-corrected chi connectivity index (χ3v) is 20.9. The summed E-state index contributed by atoms with van der Waals surface area (Å²) in [6, 6.07) is 0. The molecule has 0 amide bonds. The third kappa shape index (κ3) is 13.8. The molecule has 0 bridgehead atoms. The Labute approximate surface area is 159 Å². The number of rotatable bonds is 18. The standard InChI is InChI=1S/C11H21.3C4H9.Sn/c1-3-5-7-9-11-10-8-6-4-2;3*1-3-4-2;/h3,5H,1,4,6-11H2,2H3;3*1,3-4H2,2H3;/b5-3-;;;;. The van der Waals surface area contributed by atoms with Crippen LogP contribution in [0.2, 0.25) is 17.7 Å². The molecule has 0 atom stereocenters. The molecule has 0 spiro atoms. The van der Waals surface area contributed by atoms with Crippen molar-refractivity contribution in [2.24, 2.45) is 0 Å². The molecule has 0 aromatic carbocycles. The van der Waals surface area contributed by atoms with Gasteiger partial charge in [0.25, 0.3) is 0 Å². The maximum absolute atomic E-state index is 2.64. The quantitative estimate of drug-likeness (QED) is 0.113. The van der Waals surface area contributed by atoms with Crippen molar-refractivity contribution in [1.82, 2.24) is 0 Å². The zero-order valence-corrected chi connectivity index (χ0v) is 20.5. The summed E-state index contributed by atoms with van der Waals surface area (Å²) in [5, 5.41) is 0. The van der Waals surface area contributed by atoms with E-state index in [2.05, 4.69) is 39.8 Å². The molecule has 0 rings (SSSR count). The summed E-state index contributed by atoms with van der Waals surface area (Å²) in [5.41, 5.74) is 0. The van der Waals surface area contributed by atoms with Crippen LogP contribution in [0.1, 0.15) is 111 Å². The predicted octanol–water partition coefficient (Wildman–Crippen LogP) is 9.14. The Kier molecular flexibility index (Phi) is 18.7. The molecule has 1 heteroatoms. The van der Waals surface area contributed by atoms with Gasteiger partial charge in [0.2, 0.25) is 0 Å². The molecule has 0 aliphatic rings. The van der Waals surface area contributed by atoms with Gasteiger partial charge in [0.05, 0.1) is 0 Å². The molecule has 0 nitrogen and oxygen atoms in total. The van der Waals surface area contributed by atoms with E-state index in [1.807, 2.05) is 0 Å². The summed E-state index contributed by atoms with van der Waals surface area (Å²) in [6.07, 6.45) is 23.8. The number of hydrogen-bond donors (Lipinski definition) is 0. The third-order valence-electron chi connectivity index (χ3n) is 5.62. The summed E-state index contributed by atoms with van der Waals surface area (Å²) in [7, 11) is 0. The average molecular weight is 443 g/mol. The van der Waals surface area contributed by atoms with E-state index >= 15 is 0 Å². The first-order chi connectivity index (χ1) is 11.7. The second-order valence-electron chi connectivity index (χ2n) is 8.04. The Morgan fingerprint density at radius 2 is 0.958 bits per heavy atom. The molecule has 0 saturated carbocycles. The molecule has 0 aliphatic carbocycles. The number of allylic oxidation sites excluding steroid dienone is 2. The fraction of sp³-hybridized carbons (Fsp3) is 0.913. The minimum atomic E-state index is -1.87. The maximum atomic E-state index is 2.64. The molecule has 0 aromatic rings. The molecule has 0 saturated heterocycles. The van der Waals surface area contributed by atoms with Gasteiger partial charge < -0.3 is 0 Å². The molecule has 0 heterocycles. The monoisotopic (exact) mass is 444 g/mol. The van der Waals surface area contributed by atoms with Crippen molar-refractivity contribution in [3.05, 3.63) is 12.2 Å². The van der Waals surface area contributed by atoms with E-state index in [0.29, 0.717) is 0 Å². The first-order valence-corrected chi connectivity index (χ1v) is 19.5. The van der Waals surface area contributed by atoms with Crippen LogP contribution in [-0.2, 0) is 0 Å². The normalized spacial score (nSPS) is 12.3. The van der Waals surface area contributed by atoms with Gasteiger partial charge in [-0.15, -0.1) is 0 Å². The van der Waals surface area contributed by atoms with Crippen molar-refractivity contribution >= 4 is 18.4 Å². The summed E-state index contributed by atoms with van der Waals surface area (Å²) in [4.78, 5) is 0. The van der Waals surface area contributed by atoms with Crippen molar-refractivity contribution in [3.8, 4) is 0 Å². The zero-order chi connectivity index (χ0) is 17.9. The second-order valence-corrected chi connectivity index (χ2v) is 22.1. The Balaban J connectivity index is 4.26. The molecule has 24 heavy (non-hydrogen) atoms. The SMILES string of the molecule is CCCCCCCC/C=C\[CH2][Sn]([CH2]CCC)([CH2]CCC)[CH2]CCC. The van der Waals surface area contributed by atoms with Crippen LogP contribution >= 0.6 is 0 Å². The Morgan fingerprint density at radius 1 is 0.500 bits per heavy atom. The molecule has 0 unspecified atom stereocenters. The van der Waals surface area contributed by atoms with E-state index in [-0.39, 0.29) is 0 Å². The first-order valence-electron chi connectivity index (χ1n) is 11.4. The van der Waals surface area contributed by atoms with Crippen LogP contribution in [0.4, 0.5) is 0 Å². The molecule has 0 aromatic heterocycles.